The first-order valence-electron chi connectivity index (χ1n) is 10.3. The highest BCUT2D eigenvalue weighted by Crippen LogP contribution is 2.33. The van der Waals surface area contributed by atoms with Crippen molar-refractivity contribution in [2.24, 2.45) is 5.10 Å². The standard InChI is InChI=1S/C24H21N5O4/c1-14-9-15(2)27-24(26-14)28-25-11-19-17-5-3-4-6-18(17)22(30)29(23(19)31)12-16-7-8-20-21(10-16)33-13-32-20/h3-11,31H,12-13H2,1-2H3,(H,26,27,28)/b25-11+. The molecule has 1 aliphatic rings. The van der Waals surface area contributed by atoms with Gasteiger partial charge in [0.1, 0.15) is 0 Å². The van der Waals surface area contributed by atoms with Crippen molar-refractivity contribution in [3.05, 3.63) is 81.4 Å². The van der Waals surface area contributed by atoms with E-state index in [9.17, 15) is 9.90 Å². The highest BCUT2D eigenvalue weighted by atomic mass is 16.7. The first-order valence-corrected chi connectivity index (χ1v) is 10.3. The van der Waals surface area contributed by atoms with Gasteiger partial charge in [0.25, 0.3) is 5.56 Å². The molecule has 3 heterocycles. The lowest BCUT2D eigenvalue weighted by atomic mass is 10.1. The number of aryl methyl sites for hydroxylation is 2. The first-order chi connectivity index (χ1) is 16.0. The average molecular weight is 443 g/mol. The molecule has 9 nitrogen and oxygen atoms in total. The number of nitrogens with zero attached hydrogens (tertiary/aromatic N) is 4. The number of aromatic hydroxyl groups is 1. The summed E-state index contributed by atoms with van der Waals surface area (Å²) in [6.45, 7) is 4.06. The van der Waals surface area contributed by atoms with E-state index < -0.39 is 0 Å². The Balaban J connectivity index is 1.54. The molecule has 0 amide bonds. The van der Waals surface area contributed by atoms with E-state index in [-0.39, 0.29) is 24.8 Å². The maximum atomic E-state index is 13.2. The molecule has 2 aromatic heterocycles. The number of rotatable bonds is 5. The van der Waals surface area contributed by atoms with E-state index in [4.69, 9.17) is 9.47 Å². The van der Waals surface area contributed by atoms with Crippen molar-refractivity contribution < 1.29 is 14.6 Å². The zero-order chi connectivity index (χ0) is 22.9. The molecular weight excluding hydrogens is 422 g/mol. The fourth-order valence-corrected chi connectivity index (χ4v) is 3.84. The second kappa shape index (κ2) is 8.27. The minimum absolute atomic E-state index is 0.153. The Morgan fingerprint density at radius 1 is 1.06 bits per heavy atom. The molecule has 0 fully saturated rings. The van der Waals surface area contributed by atoms with Crippen LogP contribution in [0.4, 0.5) is 5.95 Å². The molecule has 1 aliphatic heterocycles. The fraction of sp³-hybridized carbons (Fsp3) is 0.167. The van der Waals surface area contributed by atoms with E-state index in [0.29, 0.717) is 33.8 Å². The summed E-state index contributed by atoms with van der Waals surface area (Å²) in [5.74, 6) is 1.42. The van der Waals surface area contributed by atoms with Gasteiger partial charge in [-0.2, -0.15) is 5.10 Å². The number of anilines is 1. The van der Waals surface area contributed by atoms with Crippen LogP contribution < -0.4 is 20.5 Å². The van der Waals surface area contributed by atoms with E-state index in [0.717, 1.165) is 17.0 Å². The Kier molecular flexibility index (Phi) is 5.14. The quantitative estimate of drug-likeness (QED) is 0.359. The van der Waals surface area contributed by atoms with Crippen LogP contribution >= 0.6 is 0 Å². The smallest absolute Gasteiger partial charge is 0.261 e. The summed E-state index contributed by atoms with van der Waals surface area (Å²) in [4.78, 5) is 21.8. The van der Waals surface area contributed by atoms with Crippen LogP contribution in [-0.4, -0.2) is 32.6 Å². The minimum Gasteiger partial charge on any atom is -0.494 e. The summed E-state index contributed by atoms with van der Waals surface area (Å²) in [5, 5.41) is 16.3. The van der Waals surface area contributed by atoms with E-state index in [1.807, 2.05) is 26.0 Å². The summed E-state index contributed by atoms with van der Waals surface area (Å²) in [6, 6.07) is 14.4. The number of benzene rings is 2. The Labute approximate surface area is 189 Å². The van der Waals surface area contributed by atoms with Gasteiger partial charge in [0, 0.05) is 22.2 Å². The van der Waals surface area contributed by atoms with Crippen molar-refractivity contribution in [1.82, 2.24) is 14.5 Å². The Morgan fingerprint density at radius 2 is 1.79 bits per heavy atom. The molecule has 0 aliphatic carbocycles. The van der Waals surface area contributed by atoms with Gasteiger partial charge in [-0.3, -0.25) is 9.36 Å². The van der Waals surface area contributed by atoms with Crippen LogP contribution in [0.3, 0.4) is 0 Å². The lowest BCUT2D eigenvalue weighted by Crippen LogP contribution is -2.22. The summed E-state index contributed by atoms with van der Waals surface area (Å²) in [6.07, 6.45) is 1.47. The maximum Gasteiger partial charge on any atom is 0.261 e. The lowest BCUT2D eigenvalue weighted by molar-refractivity contribution is 0.174. The average Bonchev–Trinajstić information content (AvgIpc) is 3.26. The van der Waals surface area contributed by atoms with Gasteiger partial charge in [-0.1, -0.05) is 24.3 Å². The molecule has 0 bridgehead atoms. The highest BCUT2D eigenvalue weighted by Gasteiger charge is 2.17. The number of aromatic nitrogens is 3. The van der Waals surface area contributed by atoms with Gasteiger partial charge in [0.05, 0.1) is 18.3 Å². The van der Waals surface area contributed by atoms with Crippen molar-refractivity contribution >= 4 is 22.9 Å². The molecule has 0 radical (unpaired) electrons. The number of hydrogen-bond donors (Lipinski definition) is 2. The van der Waals surface area contributed by atoms with E-state index in [1.165, 1.54) is 10.8 Å². The molecule has 9 heteroatoms. The number of hydrogen-bond acceptors (Lipinski definition) is 8. The van der Waals surface area contributed by atoms with Gasteiger partial charge in [0.15, 0.2) is 11.5 Å². The van der Waals surface area contributed by atoms with Crippen molar-refractivity contribution in [2.45, 2.75) is 20.4 Å². The van der Waals surface area contributed by atoms with Gasteiger partial charge in [-0.25, -0.2) is 15.4 Å². The van der Waals surface area contributed by atoms with Crippen LogP contribution in [0, 0.1) is 13.8 Å². The molecule has 4 aromatic rings. The topological polar surface area (TPSA) is 111 Å². The van der Waals surface area contributed by atoms with Gasteiger partial charge < -0.3 is 14.6 Å². The van der Waals surface area contributed by atoms with Gasteiger partial charge in [0.2, 0.25) is 18.6 Å². The molecule has 166 valence electrons. The van der Waals surface area contributed by atoms with E-state index >= 15 is 0 Å². The number of ether oxygens (including phenoxy) is 2. The van der Waals surface area contributed by atoms with Crippen LogP contribution in [-0.2, 0) is 6.54 Å². The number of pyridine rings is 1. The molecule has 2 aromatic carbocycles. The van der Waals surface area contributed by atoms with Crippen LogP contribution in [0.5, 0.6) is 17.4 Å². The molecule has 2 N–H and O–H groups in total. The third-order valence-electron chi connectivity index (χ3n) is 5.31. The predicted molar refractivity (Wildman–Crippen MR) is 124 cm³/mol. The SMILES string of the molecule is Cc1cc(C)nc(N/N=C/c2c(O)n(Cc3ccc4c(c3)OCO4)c(=O)c3ccccc23)n1. The van der Waals surface area contributed by atoms with Crippen molar-refractivity contribution in [1.29, 1.82) is 0 Å². The normalized spacial score (nSPS) is 12.5. The number of fused-ring (bicyclic) bond motifs is 2. The Morgan fingerprint density at radius 3 is 2.58 bits per heavy atom. The van der Waals surface area contributed by atoms with Crippen LogP contribution in [0.15, 0.2) is 58.4 Å². The zero-order valence-corrected chi connectivity index (χ0v) is 18.1. The van der Waals surface area contributed by atoms with Crippen molar-refractivity contribution in [2.75, 3.05) is 12.2 Å². The largest absolute Gasteiger partial charge is 0.494 e. The second-order valence-electron chi connectivity index (χ2n) is 7.71. The molecule has 33 heavy (non-hydrogen) atoms. The number of nitrogens with one attached hydrogen (secondary N) is 1. The Hall–Kier alpha value is -4.40. The second-order valence-corrected chi connectivity index (χ2v) is 7.71. The maximum absolute atomic E-state index is 13.2. The summed E-state index contributed by atoms with van der Waals surface area (Å²) < 4.78 is 12.1. The van der Waals surface area contributed by atoms with Crippen molar-refractivity contribution in [3.63, 3.8) is 0 Å². The minimum atomic E-state index is -0.302. The first kappa shape index (κ1) is 20.5. The summed E-state index contributed by atoms with van der Waals surface area (Å²) in [5.41, 5.74) is 5.31. The molecule has 5 rings (SSSR count). The molecule has 0 spiro atoms. The number of hydrazone groups is 1. The lowest BCUT2D eigenvalue weighted by Gasteiger charge is -2.14. The molecule has 0 saturated carbocycles. The summed E-state index contributed by atoms with van der Waals surface area (Å²) in [7, 11) is 0. The predicted octanol–water partition coefficient (Wildman–Crippen LogP) is 3.34. The third-order valence-corrected chi connectivity index (χ3v) is 5.31. The molecular formula is C24H21N5O4. The highest BCUT2D eigenvalue weighted by molar-refractivity contribution is 6.01. The van der Waals surface area contributed by atoms with Crippen LogP contribution in [0.2, 0.25) is 0 Å². The Bertz CT molecular complexity index is 1440. The van der Waals surface area contributed by atoms with Gasteiger partial charge >= 0.3 is 0 Å². The monoisotopic (exact) mass is 443 g/mol. The zero-order valence-electron chi connectivity index (χ0n) is 18.1. The van der Waals surface area contributed by atoms with Crippen molar-refractivity contribution in [3.8, 4) is 17.4 Å². The van der Waals surface area contributed by atoms with Crippen LogP contribution in [0.1, 0.15) is 22.5 Å². The fourth-order valence-electron chi connectivity index (χ4n) is 3.84. The van der Waals surface area contributed by atoms with Crippen LogP contribution in [0.25, 0.3) is 10.8 Å². The molecule has 0 atom stereocenters. The third kappa shape index (κ3) is 3.96. The van der Waals surface area contributed by atoms with Gasteiger partial charge in [-0.05, 0) is 43.7 Å². The molecule has 0 unspecified atom stereocenters. The van der Waals surface area contributed by atoms with E-state index in [1.54, 1.807) is 36.4 Å². The van der Waals surface area contributed by atoms with Gasteiger partial charge in [-0.15, -0.1) is 0 Å². The van der Waals surface area contributed by atoms with E-state index in [2.05, 4.69) is 20.5 Å². The summed E-state index contributed by atoms with van der Waals surface area (Å²) >= 11 is 0. The molecule has 0 saturated heterocycles.